The van der Waals surface area contributed by atoms with Crippen molar-refractivity contribution in [3.05, 3.63) is 90.5 Å². The molecule has 0 amide bonds. The molecular weight excluding hydrogens is 402 g/mol. The Hall–Kier alpha value is -3.65. The van der Waals surface area contributed by atoms with Gasteiger partial charge in [-0.05, 0) is 48.4 Å². The second-order valence-corrected chi connectivity index (χ2v) is 8.50. The van der Waals surface area contributed by atoms with E-state index in [1.165, 1.54) is 0 Å². The Morgan fingerprint density at radius 2 is 1.63 bits per heavy atom. The maximum Gasteiger partial charge on any atom is 0.259 e. The minimum atomic E-state index is -3.56. The molecule has 4 aromatic rings. The van der Waals surface area contributed by atoms with E-state index >= 15 is 0 Å². The van der Waals surface area contributed by atoms with Crippen LogP contribution in [0.4, 0.5) is 0 Å². The first-order valence-corrected chi connectivity index (χ1v) is 10.7. The van der Waals surface area contributed by atoms with Crippen LogP contribution in [0.2, 0.25) is 0 Å². The molecule has 4 rings (SSSR count). The number of nitrogens with zero attached hydrogens (tertiary/aromatic N) is 3. The number of carbonyl (C=O) groups excluding carboxylic acids is 1. The van der Waals surface area contributed by atoms with Crippen LogP contribution >= 0.6 is 0 Å². The van der Waals surface area contributed by atoms with E-state index in [-0.39, 0.29) is 33.7 Å². The molecular formula is C22H17N3O4S. The Labute approximate surface area is 173 Å². The molecule has 7 nitrogen and oxygen atoms in total. The van der Waals surface area contributed by atoms with Gasteiger partial charge in [-0.25, -0.2) is 8.42 Å². The SMILES string of the molecule is O=C(CCc1ccc(S(=O)(=O)c2ccccc2)cc1)c1noc(-c2cccnc2)n1. The third-order valence-electron chi connectivity index (χ3n) is 4.51. The van der Waals surface area contributed by atoms with Gasteiger partial charge in [0.1, 0.15) is 0 Å². The summed E-state index contributed by atoms with van der Waals surface area (Å²) in [6.45, 7) is 0. The van der Waals surface area contributed by atoms with Crippen LogP contribution in [0.3, 0.4) is 0 Å². The highest BCUT2D eigenvalue weighted by Gasteiger charge is 2.18. The van der Waals surface area contributed by atoms with Crippen LogP contribution in [0.5, 0.6) is 0 Å². The molecule has 0 unspecified atom stereocenters. The third-order valence-corrected chi connectivity index (χ3v) is 6.30. The van der Waals surface area contributed by atoms with Crippen molar-refractivity contribution in [2.24, 2.45) is 0 Å². The number of hydrogen-bond acceptors (Lipinski definition) is 7. The van der Waals surface area contributed by atoms with E-state index in [1.54, 1.807) is 79.1 Å². The summed E-state index contributed by atoms with van der Waals surface area (Å²) in [4.78, 5) is 20.9. The number of ketones is 1. The summed E-state index contributed by atoms with van der Waals surface area (Å²) in [7, 11) is -3.56. The van der Waals surface area contributed by atoms with E-state index in [1.807, 2.05) is 0 Å². The van der Waals surface area contributed by atoms with Crippen molar-refractivity contribution in [2.75, 3.05) is 0 Å². The fourth-order valence-electron chi connectivity index (χ4n) is 2.88. The molecule has 150 valence electrons. The van der Waals surface area contributed by atoms with Crippen LogP contribution in [0.15, 0.2) is 93.4 Å². The summed E-state index contributed by atoms with van der Waals surface area (Å²) in [5.74, 6) is -0.00563. The number of benzene rings is 2. The molecule has 0 aliphatic heterocycles. The number of hydrogen-bond donors (Lipinski definition) is 0. The third kappa shape index (κ3) is 4.18. The zero-order chi connectivity index (χ0) is 21.0. The normalized spacial score (nSPS) is 11.3. The quantitative estimate of drug-likeness (QED) is 0.420. The second kappa shape index (κ2) is 8.38. The van der Waals surface area contributed by atoms with Crippen LogP contribution in [0, 0.1) is 0 Å². The first-order valence-electron chi connectivity index (χ1n) is 9.20. The number of carbonyl (C=O) groups is 1. The largest absolute Gasteiger partial charge is 0.333 e. The van der Waals surface area contributed by atoms with E-state index in [4.69, 9.17) is 4.52 Å². The fraction of sp³-hybridized carbons (Fsp3) is 0.0909. The number of aromatic nitrogens is 3. The molecule has 2 heterocycles. The Kier molecular flexibility index (Phi) is 5.49. The average molecular weight is 419 g/mol. The van der Waals surface area contributed by atoms with Gasteiger partial charge >= 0.3 is 0 Å². The van der Waals surface area contributed by atoms with Gasteiger partial charge in [0, 0.05) is 18.8 Å². The highest BCUT2D eigenvalue weighted by atomic mass is 32.2. The van der Waals surface area contributed by atoms with E-state index < -0.39 is 9.84 Å². The maximum atomic E-state index is 12.6. The molecule has 2 aromatic heterocycles. The van der Waals surface area contributed by atoms with Crippen LogP contribution in [-0.2, 0) is 16.3 Å². The van der Waals surface area contributed by atoms with Crippen molar-refractivity contribution in [1.82, 2.24) is 15.1 Å². The van der Waals surface area contributed by atoms with Crippen LogP contribution in [-0.4, -0.2) is 29.3 Å². The first-order chi connectivity index (χ1) is 14.5. The maximum absolute atomic E-state index is 12.6. The summed E-state index contributed by atoms with van der Waals surface area (Å²) >= 11 is 0. The molecule has 0 aliphatic rings. The van der Waals surface area contributed by atoms with E-state index in [0.29, 0.717) is 12.0 Å². The zero-order valence-corrected chi connectivity index (χ0v) is 16.6. The number of Topliss-reactive ketones (excluding diaryl/α,β-unsaturated/α-hetero) is 1. The molecule has 0 spiro atoms. The lowest BCUT2D eigenvalue weighted by Gasteiger charge is -2.06. The molecule has 0 bridgehead atoms. The van der Waals surface area contributed by atoms with Crippen LogP contribution in [0.1, 0.15) is 22.6 Å². The zero-order valence-electron chi connectivity index (χ0n) is 15.8. The summed E-state index contributed by atoms with van der Waals surface area (Å²) in [5, 5.41) is 3.74. The highest BCUT2D eigenvalue weighted by molar-refractivity contribution is 7.91. The molecule has 0 saturated heterocycles. The Morgan fingerprint density at radius 3 is 2.33 bits per heavy atom. The molecule has 0 fully saturated rings. The Bertz CT molecular complexity index is 1250. The summed E-state index contributed by atoms with van der Waals surface area (Å²) in [6, 6.07) is 18.3. The predicted molar refractivity (Wildman–Crippen MR) is 109 cm³/mol. The summed E-state index contributed by atoms with van der Waals surface area (Å²) < 4.78 is 30.4. The van der Waals surface area contributed by atoms with Crippen LogP contribution < -0.4 is 0 Å². The molecule has 0 aliphatic carbocycles. The fourth-order valence-corrected chi connectivity index (χ4v) is 4.17. The predicted octanol–water partition coefficient (Wildman–Crippen LogP) is 3.78. The van der Waals surface area contributed by atoms with Crippen molar-refractivity contribution >= 4 is 15.6 Å². The van der Waals surface area contributed by atoms with E-state index in [9.17, 15) is 13.2 Å². The van der Waals surface area contributed by atoms with E-state index in [2.05, 4.69) is 15.1 Å². The van der Waals surface area contributed by atoms with Gasteiger partial charge in [-0.2, -0.15) is 4.98 Å². The molecule has 8 heteroatoms. The number of rotatable bonds is 7. The molecule has 30 heavy (non-hydrogen) atoms. The van der Waals surface area contributed by atoms with Crippen molar-refractivity contribution in [2.45, 2.75) is 22.6 Å². The van der Waals surface area contributed by atoms with Crippen LogP contribution in [0.25, 0.3) is 11.5 Å². The molecule has 0 saturated carbocycles. The lowest BCUT2D eigenvalue weighted by atomic mass is 10.1. The lowest BCUT2D eigenvalue weighted by molar-refractivity contribution is 0.0970. The van der Waals surface area contributed by atoms with Gasteiger partial charge in [-0.3, -0.25) is 9.78 Å². The number of aryl methyl sites for hydroxylation is 1. The Balaban J connectivity index is 1.41. The standard InChI is InChI=1S/C22H17N3O4S/c26-20(21-24-22(29-25-21)17-5-4-14-23-15-17)13-10-16-8-11-19(12-9-16)30(27,28)18-6-2-1-3-7-18/h1-9,11-12,14-15H,10,13H2. The Morgan fingerprint density at radius 1 is 0.900 bits per heavy atom. The minimum Gasteiger partial charge on any atom is -0.333 e. The number of sulfone groups is 1. The summed E-state index contributed by atoms with van der Waals surface area (Å²) in [5.41, 5.74) is 1.48. The average Bonchev–Trinajstić information content (AvgIpc) is 3.29. The van der Waals surface area contributed by atoms with Gasteiger partial charge in [-0.1, -0.05) is 35.5 Å². The number of pyridine rings is 1. The summed E-state index contributed by atoms with van der Waals surface area (Å²) in [6.07, 6.45) is 3.81. The molecule has 0 atom stereocenters. The van der Waals surface area contributed by atoms with Crippen molar-refractivity contribution in [3.63, 3.8) is 0 Å². The van der Waals surface area contributed by atoms with Crippen molar-refractivity contribution in [1.29, 1.82) is 0 Å². The highest BCUT2D eigenvalue weighted by Crippen LogP contribution is 2.21. The van der Waals surface area contributed by atoms with Gasteiger partial charge in [0.05, 0.1) is 15.4 Å². The van der Waals surface area contributed by atoms with Crippen molar-refractivity contribution < 1.29 is 17.7 Å². The first kappa shape index (κ1) is 19.7. The van der Waals surface area contributed by atoms with Gasteiger partial charge in [0.15, 0.2) is 0 Å². The van der Waals surface area contributed by atoms with Gasteiger partial charge < -0.3 is 4.52 Å². The molecule has 0 radical (unpaired) electrons. The lowest BCUT2D eigenvalue weighted by Crippen LogP contribution is -2.04. The molecule has 0 N–H and O–H groups in total. The smallest absolute Gasteiger partial charge is 0.259 e. The second-order valence-electron chi connectivity index (χ2n) is 6.55. The minimum absolute atomic E-state index is 0.0112. The van der Waals surface area contributed by atoms with Gasteiger partial charge in [0.2, 0.25) is 21.4 Å². The van der Waals surface area contributed by atoms with Gasteiger partial charge in [0.25, 0.3) is 5.89 Å². The monoisotopic (exact) mass is 419 g/mol. The molecule has 2 aromatic carbocycles. The topological polar surface area (TPSA) is 103 Å². The van der Waals surface area contributed by atoms with Gasteiger partial charge in [-0.15, -0.1) is 0 Å². The van der Waals surface area contributed by atoms with E-state index in [0.717, 1.165) is 5.56 Å². The van der Waals surface area contributed by atoms with Crippen molar-refractivity contribution in [3.8, 4) is 11.5 Å².